The molecule has 0 radical (unpaired) electrons. The summed E-state index contributed by atoms with van der Waals surface area (Å²) >= 11 is 0. The van der Waals surface area contributed by atoms with Gasteiger partial charge in [0.1, 0.15) is 0 Å². The molecule has 0 aromatic carbocycles. The van der Waals surface area contributed by atoms with Gasteiger partial charge in [0, 0.05) is 105 Å². The second-order valence-electron chi connectivity index (χ2n) is 18.1. The molecule has 84 heavy (non-hydrogen) atoms. The third-order valence-electron chi connectivity index (χ3n) is 12.9. The van der Waals surface area contributed by atoms with Gasteiger partial charge in [0.2, 0.25) is 0 Å². The van der Waals surface area contributed by atoms with Crippen LogP contribution in [0, 0.1) is 44.9 Å². The highest BCUT2D eigenvalue weighted by Gasteiger charge is 2.13. The lowest BCUT2D eigenvalue weighted by molar-refractivity contribution is 0.425. The first-order valence-corrected chi connectivity index (χ1v) is 28.9. The van der Waals surface area contributed by atoms with E-state index >= 15 is 0 Å². The maximum absolute atomic E-state index is 7.56. The lowest BCUT2D eigenvalue weighted by atomic mass is 9.97. The van der Waals surface area contributed by atoms with Gasteiger partial charge < -0.3 is 79.4 Å². The Morgan fingerprint density at radius 3 is 0.369 bits per heavy atom. The normalized spacial score (nSPS) is 16.0. The van der Waals surface area contributed by atoms with E-state index < -0.39 is 28.5 Å². The van der Waals surface area contributed by atoms with Crippen LogP contribution < -0.4 is 0 Å². The Kier molecular flexibility index (Phi) is 54.7. The number of hydrogen-bond acceptors (Lipinski definition) is 28. The van der Waals surface area contributed by atoms with Crippen LogP contribution in [0.25, 0.3) is 0 Å². The van der Waals surface area contributed by atoms with Gasteiger partial charge in [0.25, 0.3) is 0 Å². The summed E-state index contributed by atoms with van der Waals surface area (Å²) in [7, 11) is -7.24. The number of nitriles is 4. The first-order chi connectivity index (χ1) is 39.8. The van der Waals surface area contributed by atoms with Crippen LogP contribution >= 0.6 is 0 Å². The van der Waals surface area contributed by atoms with Crippen LogP contribution in [0.4, 0.5) is 0 Å². The average molecular weight is 1180 g/mol. The highest BCUT2D eigenvalue weighted by Crippen LogP contribution is 2.03. The predicted octanol–water partition coefficient (Wildman–Crippen LogP) is 0.0103. The van der Waals surface area contributed by atoms with E-state index in [1.807, 2.05) is 0 Å². The summed E-state index contributed by atoms with van der Waals surface area (Å²) in [5.41, 5.74) is 0. The van der Waals surface area contributed by atoms with Crippen LogP contribution in [-0.4, -0.2) is 312 Å². The van der Waals surface area contributed by atoms with Crippen molar-refractivity contribution in [2.24, 2.45) is 39.9 Å². The molecular formula is C52H104B4N20O8. The van der Waals surface area contributed by atoms with Gasteiger partial charge >= 0.3 is 28.5 Å². The maximum Gasteiger partial charge on any atom is 0.573 e. The standard InChI is InChI=1S/8C6H12N2.4CH2BNO2/c8*1-3-8-5-4-7-6(8)2;4*3-1-2(4)5/h8*3-5H2,1-2H3;4*4-5H. The molecular weight excluding hydrogens is 1080 g/mol. The molecule has 0 saturated heterocycles. The van der Waals surface area contributed by atoms with E-state index in [1.54, 1.807) is 0 Å². The molecule has 0 unspecified atom stereocenters. The van der Waals surface area contributed by atoms with Crippen molar-refractivity contribution in [2.45, 2.75) is 111 Å². The van der Waals surface area contributed by atoms with Crippen LogP contribution in [0.5, 0.6) is 0 Å². The Morgan fingerprint density at radius 1 is 0.262 bits per heavy atom. The first kappa shape index (κ1) is 84.1. The van der Waals surface area contributed by atoms with Crippen molar-refractivity contribution >= 4 is 75.2 Å². The molecule has 8 aliphatic rings. The Balaban J connectivity index is -0.000000418. The highest BCUT2D eigenvalue weighted by molar-refractivity contribution is 6.51. The number of aliphatic imine (C=N–C) groups is 8. The molecule has 0 aromatic heterocycles. The first-order valence-electron chi connectivity index (χ1n) is 28.9. The summed E-state index contributed by atoms with van der Waals surface area (Å²) in [6, 6.07) is 0. The minimum Gasteiger partial charge on any atom is -0.415 e. The molecule has 32 heteroatoms. The zero-order valence-electron chi connectivity index (χ0n) is 53.8. The predicted molar refractivity (Wildman–Crippen MR) is 345 cm³/mol. The lowest BCUT2D eigenvalue weighted by Crippen LogP contribution is -2.24. The SMILES string of the molecule is CCN1CCN=C1C.CCN1CCN=C1C.CCN1CCN=C1C.CCN1CCN=C1C.CCN1CCN=C1C.CCN1CCN=C1C.CCN1CCN=C1C.CCN1CCN=C1C.N#CB(O)O.N#CB(O)O.N#CB(O)O.N#CB(O)O. The fraction of sp³-hybridized carbons (Fsp3) is 0.769. The molecule has 8 aliphatic heterocycles. The smallest absolute Gasteiger partial charge is 0.415 e. The van der Waals surface area contributed by atoms with Gasteiger partial charge in [-0.3, -0.25) is 39.9 Å². The van der Waals surface area contributed by atoms with Gasteiger partial charge in [-0.2, -0.15) is 0 Å². The summed E-state index contributed by atoms with van der Waals surface area (Å²) in [5, 5.41) is 90.0. The molecule has 0 aromatic rings. The molecule has 472 valence electrons. The third kappa shape index (κ3) is 44.2. The number of likely N-dealkylation sites (N-methyl/N-ethyl adjacent to an activating group) is 8. The lowest BCUT2D eigenvalue weighted by Gasteiger charge is -2.13. The second kappa shape index (κ2) is 54.6. The second-order valence-corrected chi connectivity index (χ2v) is 18.1. The molecule has 0 fully saturated rings. The fourth-order valence-electron chi connectivity index (χ4n) is 7.85. The van der Waals surface area contributed by atoms with E-state index in [-0.39, 0.29) is 0 Å². The summed E-state index contributed by atoms with van der Waals surface area (Å²) in [6.45, 7) is 59.7. The minimum absolute atomic E-state index is 1.000. The van der Waals surface area contributed by atoms with Gasteiger partial charge in [0.15, 0.2) is 0 Å². The molecule has 8 heterocycles. The number of nitrogens with zero attached hydrogens (tertiary/aromatic N) is 20. The van der Waals surface area contributed by atoms with Crippen molar-refractivity contribution < 1.29 is 40.2 Å². The van der Waals surface area contributed by atoms with Crippen molar-refractivity contribution in [1.29, 1.82) is 21.0 Å². The number of amidine groups is 8. The molecule has 8 rings (SSSR count). The molecule has 28 nitrogen and oxygen atoms in total. The molecule has 0 spiro atoms. The average Bonchev–Trinajstić information content (AvgIpc) is 4.39. The number of rotatable bonds is 8. The summed E-state index contributed by atoms with van der Waals surface area (Å²) in [4.78, 5) is 52.1. The van der Waals surface area contributed by atoms with Crippen LogP contribution in [0.3, 0.4) is 0 Å². The van der Waals surface area contributed by atoms with Crippen LogP contribution in [0.15, 0.2) is 39.9 Å². The monoisotopic (exact) mass is 1180 g/mol. The molecule has 0 aliphatic carbocycles. The Hall–Kier alpha value is -6.34. The largest absolute Gasteiger partial charge is 0.573 e. The van der Waals surface area contributed by atoms with E-state index in [1.165, 1.54) is 46.7 Å². The van der Waals surface area contributed by atoms with Crippen molar-refractivity contribution in [3.63, 3.8) is 0 Å². The van der Waals surface area contributed by atoms with Crippen LogP contribution in [-0.2, 0) is 0 Å². The number of hydrogen-bond donors (Lipinski definition) is 8. The van der Waals surface area contributed by atoms with Gasteiger partial charge in [-0.05, 0) is 111 Å². The summed E-state index contributed by atoms with van der Waals surface area (Å²) in [6.07, 6.45) is 0. The Bertz CT molecular complexity index is 1750. The van der Waals surface area contributed by atoms with Crippen molar-refractivity contribution in [2.75, 3.05) is 157 Å². The third-order valence-corrected chi connectivity index (χ3v) is 12.9. The van der Waals surface area contributed by atoms with Crippen molar-refractivity contribution in [3.8, 4) is 23.9 Å². The molecule has 0 atom stereocenters. The van der Waals surface area contributed by atoms with E-state index in [2.05, 4.69) is 190 Å². The molecule has 0 saturated carbocycles. The van der Waals surface area contributed by atoms with E-state index in [9.17, 15) is 0 Å². The van der Waals surface area contributed by atoms with E-state index in [0.717, 1.165) is 181 Å². The zero-order valence-corrected chi connectivity index (χ0v) is 53.8. The Labute approximate surface area is 505 Å². The van der Waals surface area contributed by atoms with Gasteiger partial charge in [-0.1, -0.05) is 0 Å². The van der Waals surface area contributed by atoms with Gasteiger partial charge in [-0.25, -0.2) is 21.0 Å². The van der Waals surface area contributed by atoms with Crippen LogP contribution in [0.2, 0.25) is 0 Å². The highest BCUT2D eigenvalue weighted by atomic mass is 16.4. The van der Waals surface area contributed by atoms with E-state index in [0.29, 0.717) is 0 Å². The summed E-state index contributed by atoms with van der Waals surface area (Å²) in [5.74, 6) is 14.2. The molecule has 8 N–H and O–H groups in total. The maximum atomic E-state index is 7.56. The minimum atomic E-state index is -1.81. The van der Waals surface area contributed by atoms with Crippen molar-refractivity contribution in [3.05, 3.63) is 0 Å². The van der Waals surface area contributed by atoms with E-state index in [4.69, 9.17) is 61.2 Å². The fourth-order valence-corrected chi connectivity index (χ4v) is 7.85. The topological polar surface area (TPSA) is 382 Å². The van der Waals surface area contributed by atoms with Crippen LogP contribution in [0.1, 0.15) is 111 Å². The molecule has 0 amide bonds. The zero-order chi connectivity index (χ0) is 65.0. The Morgan fingerprint density at radius 2 is 0.345 bits per heavy atom. The van der Waals surface area contributed by atoms with Crippen molar-refractivity contribution in [1.82, 2.24) is 39.2 Å². The van der Waals surface area contributed by atoms with Gasteiger partial charge in [0.05, 0.1) is 123 Å². The molecule has 0 bridgehead atoms. The summed E-state index contributed by atoms with van der Waals surface area (Å²) < 4.78 is 0. The quantitative estimate of drug-likeness (QED) is 0.148. The van der Waals surface area contributed by atoms with Gasteiger partial charge in [-0.15, -0.1) is 0 Å².